The number of anilines is 1. The van der Waals surface area contributed by atoms with Gasteiger partial charge >= 0.3 is 0 Å². The summed E-state index contributed by atoms with van der Waals surface area (Å²) in [7, 11) is 3.35. The first kappa shape index (κ1) is 18.0. The van der Waals surface area contributed by atoms with Gasteiger partial charge in [-0.1, -0.05) is 18.2 Å². The first-order chi connectivity index (χ1) is 12.3. The third kappa shape index (κ3) is 3.06. The van der Waals surface area contributed by atoms with Crippen molar-refractivity contribution in [1.82, 2.24) is 14.8 Å². The summed E-state index contributed by atoms with van der Waals surface area (Å²) in [6.45, 7) is 5.50. The fourth-order valence-electron chi connectivity index (χ4n) is 2.72. The van der Waals surface area contributed by atoms with E-state index in [0.29, 0.717) is 21.1 Å². The number of carbonyl (C=O) groups is 1. The largest absolute Gasteiger partial charge is 0.311 e. The molecular weight excluding hydrogens is 348 g/mol. The van der Waals surface area contributed by atoms with E-state index >= 15 is 0 Å². The van der Waals surface area contributed by atoms with E-state index in [1.54, 1.807) is 25.9 Å². The molecule has 3 rings (SSSR count). The molecule has 0 N–H and O–H groups in total. The minimum absolute atomic E-state index is 0.141. The van der Waals surface area contributed by atoms with E-state index in [9.17, 15) is 9.59 Å². The Kier molecular flexibility index (Phi) is 4.73. The van der Waals surface area contributed by atoms with Crippen LogP contribution in [0.2, 0.25) is 0 Å². The number of thiazole rings is 1. The Balaban J connectivity index is 2.06. The topological polar surface area (TPSA) is 68.1 Å². The third-order valence-corrected chi connectivity index (χ3v) is 5.54. The number of hydrogen-bond acceptors (Lipinski definition) is 5. The van der Waals surface area contributed by atoms with Crippen LogP contribution in [-0.4, -0.2) is 27.7 Å². The van der Waals surface area contributed by atoms with Crippen molar-refractivity contribution in [2.24, 2.45) is 7.05 Å². The fourth-order valence-corrected chi connectivity index (χ4v) is 3.86. The number of aryl methyl sites for hydroxylation is 3. The summed E-state index contributed by atoms with van der Waals surface area (Å²) in [4.78, 5) is 32.1. The highest BCUT2D eigenvalue weighted by Crippen LogP contribution is 2.30. The van der Waals surface area contributed by atoms with Crippen molar-refractivity contribution in [1.29, 1.82) is 0 Å². The average molecular weight is 368 g/mol. The van der Waals surface area contributed by atoms with E-state index in [0.717, 1.165) is 16.9 Å². The smallest absolute Gasteiger partial charge is 0.277 e. The summed E-state index contributed by atoms with van der Waals surface area (Å²) in [6, 6.07) is 9.43. The van der Waals surface area contributed by atoms with Gasteiger partial charge in [0.1, 0.15) is 9.88 Å². The van der Waals surface area contributed by atoms with Crippen LogP contribution in [0.1, 0.15) is 26.6 Å². The van der Waals surface area contributed by atoms with Gasteiger partial charge in [-0.25, -0.2) is 9.67 Å². The van der Waals surface area contributed by atoms with Gasteiger partial charge in [-0.05, 0) is 38.5 Å². The summed E-state index contributed by atoms with van der Waals surface area (Å²) >= 11 is 1.25. The molecule has 1 aromatic carbocycles. The van der Waals surface area contributed by atoms with Crippen molar-refractivity contribution in [3.05, 3.63) is 62.5 Å². The molecule has 0 aliphatic heterocycles. The second-order valence-corrected chi connectivity index (χ2v) is 7.15. The van der Waals surface area contributed by atoms with Gasteiger partial charge in [-0.2, -0.15) is 5.10 Å². The molecule has 0 fully saturated rings. The average Bonchev–Trinajstić information content (AvgIpc) is 3.01. The number of nitrogens with zero attached hydrogens (tertiary/aromatic N) is 4. The Labute approximate surface area is 155 Å². The number of rotatable bonds is 3. The highest BCUT2D eigenvalue weighted by molar-refractivity contribution is 7.17. The number of para-hydroxylation sites is 1. The first-order valence-corrected chi connectivity index (χ1v) is 8.98. The summed E-state index contributed by atoms with van der Waals surface area (Å²) in [6.07, 6.45) is 0. The normalized spacial score (nSPS) is 10.8. The maximum absolute atomic E-state index is 12.9. The van der Waals surface area contributed by atoms with Crippen LogP contribution in [0.15, 0.2) is 35.1 Å². The maximum Gasteiger partial charge on any atom is 0.277 e. The molecule has 2 heterocycles. The van der Waals surface area contributed by atoms with Crippen LogP contribution in [0.5, 0.6) is 0 Å². The summed E-state index contributed by atoms with van der Waals surface area (Å²) < 4.78 is 1.31. The minimum Gasteiger partial charge on any atom is -0.311 e. The van der Waals surface area contributed by atoms with Crippen molar-refractivity contribution >= 4 is 22.9 Å². The predicted molar refractivity (Wildman–Crippen MR) is 104 cm³/mol. The number of benzene rings is 1. The zero-order valence-electron chi connectivity index (χ0n) is 15.4. The molecule has 134 valence electrons. The van der Waals surface area contributed by atoms with Gasteiger partial charge in [0, 0.05) is 19.8 Å². The lowest BCUT2D eigenvalue weighted by atomic mass is 10.1. The molecule has 7 heteroatoms. The van der Waals surface area contributed by atoms with E-state index in [1.165, 1.54) is 16.0 Å². The van der Waals surface area contributed by atoms with Gasteiger partial charge < -0.3 is 4.90 Å². The van der Waals surface area contributed by atoms with Crippen LogP contribution in [0.25, 0.3) is 10.6 Å². The molecule has 0 radical (unpaired) electrons. The molecule has 6 nitrogen and oxygen atoms in total. The Morgan fingerprint density at radius 2 is 1.77 bits per heavy atom. The molecule has 0 saturated heterocycles. The molecular formula is C19H20N4O2S. The van der Waals surface area contributed by atoms with Crippen LogP contribution in [-0.2, 0) is 7.05 Å². The van der Waals surface area contributed by atoms with Crippen LogP contribution in [0.3, 0.4) is 0 Å². The standard InChI is InChI=1S/C19H20N4O2S/c1-11-12(2)21-23(5)18(24)15(11)17-20-13(3)16(26-17)19(25)22(4)14-9-7-6-8-10-14/h6-10H,1-5H3. The fraction of sp³-hybridized carbons (Fsp3) is 0.263. The SMILES string of the molecule is Cc1nc(-c2c(C)c(C)nn(C)c2=O)sc1C(=O)N(C)c1ccccc1. The maximum atomic E-state index is 12.9. The lowest BCUT2D eigenvalue weighted by Crippen LogP contribution is -2.25. The molecule has 2 aromatic heterocycles. The second-order valence-electron chi connectivity index (χ2n) is 6.15. The number of hydrogen-bond donors (Lipinski definition) is 0. The molecule has 0 saturated carbocycles. The number of amides is 1. The van der Waals surface area contributed by atoms with Gasteiger partial charge in [0.15, 0.2) is 0 Å². The summed E-state index contributed by atoms with van der Waals surface area (Å²) in [5.74, 6) is -0.141. The monoisotopic (exact) mass is 368 g/mol. The van der Waals surface area contributed by atoms with Crippen LogP contribution < -0.4 is 10.5 Å². The number of aromatic nitrogens is 3. The van der Waals surface area contributed by atoms with E-state index in [2.05, 4.69) is 10.1 Å². The lowest BCUT2D eigenvalue weighted by Gasteiger charge is -2.16. The Bertz CT molecular complexity index is 1040. The molecule has 26 heavy (non-hydrogen) atoms. The Hall–Kier alpha value is -2.80. The van der Waals surface area contributed by atoms with Gasteiger partial charge in [-0.15, -0.1) is 11.3 Å². The summed E-state index contributed by atoms with van der Waals surface area (Å²) in [5, 5.41) is 4.75. The quantitative estimate of drug-likeness (QED) is 0.712. The van der Waals surface area contributed by atoms with Crippen molar-refractivity contribution in [2.75, 3.05) is 11.9 Å². The molecule has 3 aromatic rings. The molecule has 0 aliphatic carbocycles. The van der Waals surface area contributed by atoms with Crippen LogP contribution in [0, 0.1) is 20.8 Å². The first-order valence-electron chi connectivity index (χ1n) is 8.16. The summed E-state index contributed by atoms with van der Waals surface area (Å²) in [5.41, 5.74) is 3.28. The van der Waals surface area contributed by atoms with Gasteiger partial charge in [0.25, 0.3) is 11.5 Å². The Morgan fingerprint density at radius 1 is 1.12 bits per heavy atom. The zero-order valence-corrected chi connectivity index (χ0v) is 16.2. The molecule has 1 amide bonds. The van der Waals surface area contributed by atoms with Crippen molar-refractivity contribution in [2.45, 2.75) is 20.8 Å². The molecule has 0 bridgehead atoms. The second kappa shape index (κ2) is 6.84. The van der Waals surface area contributed by atoms with E-state index in [4.69, 9.17) is 0 Å². The number of carbonyl (C=O) groups excluding carboxylic acids is 1. The zero-order chi connectivity index (χ0) is 19.0. The van der Waals surface area contributed by atoms with Crippen molar-refractivity contribution in [3.8, 4) is 10.6 Å². The van der Waals surface area contributed by atoms with Gasteiger partial charge in [0.05, 0.1) is 17.0 Å². The highest BCUT2D eigenvalue weighted by atomic mass is 32.1. The molecule has 0 spiro atoms. The van der Waals surface area contributed by atoms with Gasteiger partial charge in [0.2, 0.25) is 0 Å². The molecule has 0 aliphatic rings. The lowest BCUT2D eigenvalue weighted by molar-refractivity contribution is 0.0996. The van der Waals surface area contributed by atoms with E-state index < -0.39 is 0 Å². The Morgan fingerprint density at radius 3 is 2.42 bits per heavy atom. The van der Waals surface area contributed by atoms with E-state index in [1.807, 2.05) is 44.2 Å². The predicted octanol–water partition coefficient (Wildman–Crippen LogP) is 3.11. The van der Waals surface area contributed by atoms with Gasteiger partial charge in [-0.3, -0.25) is 9.59 Å². The van der Waals surface area contributed by atoms with Crippen LogP contribution in [0.4, 0.5) is 5.69 Å². The molecule has 0 atom stereocenters. The van der Waals surface area contributed by atoms with Crippen LogP contribution >= 0.6 is 11.3 Å². The van der Waals surface area contributed by atoms with Crippen molar-refractivity contribution in [3.63, 3.8) is 0 Å². The minimum atomic E-state index is -0.211. The molecule has 0 unspecified atom stereocenters. The van der Waals surface area contributed by atoms with E-state index in [-0.39, 0.29) is 11.5 Å². The van der Waals surface area contributed by atoms with Crippen molar-refractivity contribution < 1.29 is 4.79 Å². The third-order valence-electron chi connectivity index (χ3n) is 4.38. The highest BCUT2D eigenvalue weighted by Gasteiger charge is 2.23.